The Bertz CT molecular complexity index is 988. The van der Waals surface area contributed by atoms with E-state index in [-0.39, 0.29) is 23.4 Å². The van der Waals surface area contributed by atoms with E-state index < -0.39 is 5.54 Å². The second kappa shape index (κ2) is 7.20. The number of carbonyl (C=O) groups excluding carboxylic acids is 3. The molecule has 2 aliphatic heterocycles. The fraction of sp³-hybridized carbons (Fsp3) is 0.333. The first-order valence-corrected chi connectivity index (χ1v) is 9.54. The number of benzene rings is 1. The van der Waals surface area contributed by atoms with Crippen molar-refractivity contribution in [3.8, 4) is 0 Å². The minimum absolute atomic E-state index is 0.198. The number of aromatic amines is 1. The van der Waals surface area contributed by atoms with Gasteiger partial charge in [-0.2, -0.15) is 0 Å². The zero-order chi connectivity index (χ0) is 20.6. The van der Waals surface area contributed by atoms with Gasteiger partial charge in [0, 0.05) is 38.9 Å². The highest BCUT2D eigenvalue weighted by Crippen LogP contribution is 2.38. The number of likely N-dealkylation sites (tertiary alicyclic amines) is 1. The van der Waals surface area contributed by atoms with Crippen molar-refractivity contribution in [2.45, 2.75) is 24.9 Å². The summed E-state index contributed by atoms with van der Waals surface area (Å²) in [4.78, 5) is 56.7. The maximum Gasteiger partial charge on any atom is 0.327 e. The number of rotatable bonds is 3. The number of nitrogens with one attached hydrogen (secondary N) is 1. The number of nitrogens with zero attached hydrogens (tertiary/aromatic N) is 3. The highest BCUT2D eigenvalue weighted by Gasteiger charge is 2.57. The molecule has 1 aromatic carbocycles. The van der Waals surface area contributed by atoms with E-state index in [0.717, 1.165) is 5.56 Å². The highest BCUT2D eigenvalue weighted by atomic mass is 16.2. The van der Waals surface area contributed by atoms with Crippen LogP contribution < -0.4 is 5.56 Å². The number of likely N-dealkylation sites (N-methyl/N-ethyl adjacent to an activating group) is 1. The van der Waals surface area contributed by atoms with Crippen molar-refractivity contribution in [1.29, 1.82) is 0 Å². The number of hydrogen-bond acceptors (Lipinski definition) is 4. The Morgan fingerprint density at radius 1 is 1.03 bits per heavy atom. The van der Waals surface area contributed by atoms with Gasteiger partial charge in [0.2, 0.25) is 5.56 Å². The lowest BCUT2D eigenvalue weighted by molar-refractivity contribution is -0.134. The highest BCUT2D eigenvalue weighted by molar-refractivity contribution is 6.07. The molecule has 0 saturated carbocycles. The summed E-state index contributed by atoms with van der Waals surface area (Å²) in [5.74, 6) is -0.412. The largest absolute Gasteiger partial charge is 0.338 e. The second-order valence-electron chi connectivity index (χ2n) is 7.48. The van der Waals surface area contributed by atoms with E-state index in [0.29, 0.717) is 38.0 Å². The molecule has 2 aromatic rings. The SMILES string of the molecule is CN1C(=O)N(Cc2ccccc2)C2(CCN(C(=O)c3ccc(=O)[nH]c3)CC2)C1=O. The van der Waals surface area contributed by atoms with E-state index in [4.69, 9.17) is 0 Å². The van der Waals surface area contributed by atoms with Gasteiger partial charge in [-0.3, -0.25) is 19.3 Å². The molecule has 2 fully saturated rings. The zero-order valence-corrected chi connectivity index (χ0v) is 16.1. The number of hydrogen-bond donors (Lipinski definition) is 1. The third kappa shape index (κ3) is 3.20. The first-order valence-electron chi connectivity index (χ1n) is 9.54. The van der Waals surface area contributed by atoms with Gasteiger partial charge in [0.1, 0.15) is 5.54 Å². The number of H-pyrrole nitrogens is 1. The molecule has 0 atom stereocenters. The molecule has 1 N–H and O–H groups in total. The molecule has 1 spiro atoms. The van der Waals surface area contributed by atoms with Crippen LogP contribution in [0.3, 0.4) is 0 Å². The molecular formula is C21H22N4O4. The molecule has 8 nitrogen and oxygen atoms in total. The standard InChI is InChI=1S/C21H22N4O4/c1-23-19(28)21(25(20(23)29)14-15-5-3-2-4-6-15)9-11-24(12-10-21)18(27)16-7-8-17(26)22-13-16/h2-8,13H,9-12,14H2,1H3,(H,22,26). The Kier molecular flexibility index (Phi) is 4.70. The lowest BCUT2D eigenvalue weighted by atomic mass is 9.85. The summed E-state index contributed by atoms with van der Waals surface area (Å²) in [5, 5.41) is 0. The third-order valence-electron chi connectivity index (χ3n) is 5.83. The van der Waals surface area contributed by atoms with E-state index in [1.165, 1.54) is 30.3 Å². The predicted molar refractivity (Wildman–Crippen MR) is 105 cm³/mol. The van der Waals surface area contributed by atoms with Gasteiger partial charge in [0.05, 0.1) is 5.56 Å². The molecule has 0 radical (unpaired) electrons. The van der Waals surface area contributed by atoms with Crippen LogP contribution in [0, 0.1) is 0 Å². The molecular weight excluding hydrogens is 372 g/mol. The average Bonchev–Trinajstić information content (AvgIpc) is 2.91. The van der Waals surface area contributed by atoms with Gasteiger partial charge in [-0.05, 0) is 24.5 Å². The normalized spacial score (nSPS) is 18.6. The van der Waals surface area contributed by atoms with E-state index in [2.05, 4.69) is 4.98 Å². The second-order valence-corrected chi connectivity index (χ2v) is 7.48. The minimum Gasteiger partial charge on any atom is -0.338 e. The number of urea groups is 1. The zero-order valence-electron chi connectivity index (χ0n) is 16.1. The number of carbonyl (C=O) groups is 3. The van der Waals surface area contributed by atoms with Crippen LogP contribution in [0.4, 0.5) is 4.79 Å². The molecule has 1 aromatic heterocycles. The van der Waals surface area contributed by atoms with Gasteiger partial charge in [0.25, 0.3) is 11.8 Å². The Morgan fingerprint density at radius 3 is 2.34 bits per heavy atom. The molecule has 4 rings (SSSR count). The van der Waals surface area contributed by atoms with Crippen molar-refractivity contribution < 1.29 is 14.4 Å². The van der Waals surface area contributed by atoms with Crippen molar-refractivity contribution in [3.63, 3.8) is 0 Å². The van der Waals surface area contributed by atoms with Gasteiger partial charge in [-0.15, -0.1) is 0 Å². The molecule has 150 valence electrons. The predicted octanol–water partition coefficient (Wildman–Crippen LogP) is 1.44. The van der Waals surface area contributed by atoms with Gasteiger partial charge in [-0.25, -0.2) is 4.79 Å². The Hall–Kier alpha value is -3.42. The first-order chi connectivity index (χ1) is 13.9. The summed E-state index contributed by atoms with van der Waals surface area (Å²) in [6.07, 6.45) is 2.16. The van der Waals surface area contributed by atoms with Gasteiger partial charge >= 0.3 is 6.03 Å². The first kappa shape index (κ1) is 18.9. The quantitative estimate of drug-likeness (QED) is 0.798. The van der Waals surface area contributed by atoms with Crippen molar-refractivity contribution >= 4 is 17.8 Å². The average molecular weight is 394 g/mol. The smallest absolute Gasteiger partial charge is 0.327 e. The molecule has 3 heterocycles. The fourth-order valence-corrected chi connectivity index (χ4v) is 4.15. The summed E-state index contributed by atoms with van der Waals surface area (Å²) < 4.78 is 0. The Labute approximate surface area is 167 Å². The summed E-state index contributed by atoms with van der Waals surface area (Å²) in [5.41, 5.74) is 0.153. The maximum absolute atomic E-state index is 13.0. The van der Waals surface area contributed by atoms with Crippen LogP contribution >= 0.6 is 0 Å². The van der Waals surface area contributed by atoms with Crippen LogP contribution in [0.2, 0.25) is 0 Å². The molecule has 4 amide bonds. The van der Waals surface area contributed by atoms with E-state index in [9.17, 15) is 19.2 Å². The number of pyridine rings is 1. The van der Waals surface area contributed by atoms with Crippen LogP contribution in [0.15, 0.2) is 53.5 Å². The number of imide groups is 1. The summed E-state index contributed by atoms with van der Waals surface area (Å²) in [6, 6.07) is 12.1. The van der Waals surface area contributed by atoms with Gasteiger partial charge in [-0.1, -0.05) is 30.3 Å². The van der Waals surface area contributed by atoms with Crippen LogP contribution in [-0.4, -0.2) is 63.2 Å². The Morgan fingerprint density at radius 2 is 1.72 bits per heavy atom. The molecule has 2 saturated heterocycles. The van der Waals surface area contributed by atoms with Crippen molar-refractivity contribution in [3.05, 3.63) is 70.1 Å². The van der Waals surface area contributed by atoms with E-state index in [1.807, 2.05) is 30.3 Å². The molecule has 0 aliphatic carbocycles. The van der Waals surface area contributed by atoms with Crippen molar-refractivity contribution in [2.75, 3.05) is 20.1 Å². The summed E-state index contributed by atoms with van der Waals surface area (Å²) in [7, 11) is 1.51. The lowest BCUT2D eigenvalue weighted by Crippen LogP contribution is -2.57. The van der Waals surface area contributed by atoms with Crippen molar-refractivity contribution in [1.82, 2.24) is 19.7 Å². The molecule has 29 heavy (non-hydrogen) atoms. The van der Waals surface area contributed by atoms with Gasteiger partial charge < -0.3 is 14.8 Å². The fourth-order valence-electron chi connectivity index (χ4n) is 4.15. The topological polar surface area (TPSA) is 93.8 Å². The van der Waals surface area contributed by atoms with Crippen LogP contribution in [0.1, 0.15) is 28.8 Å². The lowest BCUT2D eigenvalue weighted by Gasteiger charge is -2.42. The number of piperidine rings is 1. The van der Waals surface area contributed by atoms with Crippen LogP contribution in [-0.2, 0) is 11.3 Å². The third-order valence-corrected chi connectivity index (χ3v) is 5.83. The monoisotopic (exact) mass is 394 g/mol. The van der Waals surface area contributed by atoms with Crippen molar-refractivity contribution in [2.24, 2.45) is 0 Å². The van der Waals surface area contributed by atoms with Crippen LogP contribution in [0.5, 0.6) is 0 Å². The molecule has 8 heteroatoms. The molecule has 0 bridgehead atoms. The summed E-state index contributed by atoms with van der Waals surface area (Å²) >= 11 is 0. The maximum atomic E-state index is 13.0. The Balaban J connectivity index is 1.54. The van der Waals surface area contributed by atoms with Crippen LogP contribution in [0.25, 0.3) is 0 Å². The van der Waals surface area contributed by atoms with E-state index >= 15 is 0 Å². The minimum atomic E-state index is -0.927. The molecule has 0 unspecified atom stereocenters. The summed E-state index contributed by atoms with van der Waals surface area (Å²) in [6.45, 7) is 1.07. The number of aromatic nitrogens is 1. The van der Waals surface area contributed by atoms with E-state index in [1.54, 1.807) is 9.80 Å². The molecule has 2 aliphatic rings. The number of amides is 4. The van der Waals surface area contributed by atoms with Gasteiger partial charge in [0.15, 0.2) is 0 Å².